The molecule has 8 heteroatoms. The van der Waals surface area contributed by atoms with Crippen LogP contribution in [0, 0.1) is 0 Å². The number of hydrogen-bond donors (Lipinski definition) is 0. The Kier molecular flexibility index (Phi) is 4.17. The Morgan fingerprint density at radius 3 is 3.00 bits per heavy atom. The van der Waals surface area contributed by atoms with Crippen LogP contribution >= 0.6 is 11.5 Å². The predicted molar refractivity (Wildman–Crippen MR) is 102 cm³/mol. The molecular weight excluding hydrogens is 362 g/mol. The number of nitrogens with zero attached hydrogens (tertiary/aromatic N) is 5. The van der Waals surface area contributed by atoms with Crippen molar-refractivity contribution in [2.75, 3.05) is 26.7 Å². The molecule has 3 heterocycles. The van der Waals surface area contributed by atoms with Gasteiger partial charge in [0.15, 0.2) is 5.82 Å². The van der Waals surface area contributed by atoms with Crippen LogP contribution < -0.4 is 0 Å². The third kappa shape index (κ3) is 3.23. The third-order valence-corrected chi connectivity index (χ3v) is 6.32. The van der Waals surface area contributed by atoms with Gasteiger partial charge in [-0.15, -0.1) is 0 Å². The average molecular weight is 383 g/mol. The Hall–Kier alpha value is -2.32. The van der Waals surface area contributed by atoms with Gasteiger partial charge >= 0.3 is 0 Å². The minimum atomic E-state index is -0.0464. The fourth-order valence-corrected chi connectivity index (χ4v) is 4.37. The van der Waals surface area contributed by atoms with Gasteiger partial charge in [-0.2, -0.15) is 9.36 Å². The van der Waals surface area contributed by atoms with Gasteiger partial charge in [0, 0.05) is 30.9 Å². The first-order chi connectivity index (χ1) is 13.2. The van der Waals surface area contributed by atoms with E-state index in [9.17, 15) is 4.79 Å². The topological polar surface area (TPSA) is 75.4 Å². The summed E-state index contributed by atoms with van der Waals surface area (Å²) in [5.74, 6) is 2.00. The lowest BCUT2D eigenvalue weighted by atomic mass is 10.1. The molecule has 1 amide bonds. The van der Waals surface area contributed by atoms with Crippen LogP contribution in [0.4, 0.5) is 0 Å². The van der Waals surface area contributed by atoms with Crippen LogP contribution in [0.3, 0.4) is 0 Å². The average Bonchev–Trinajstić information content (AvgIpc) is 3.28. The highest BCUT2D eigenvalue weighted by molar-refractivity contribution is 7.13. The maximum absolute atomic E-state index is 12.9. The van der Waals surface area contributed by atoms with Gasteiger partial charge in [0.25, 0.3) is 0 Å². The number of amides is 1. The van der Waals surface area contributed by atoms with E-state index in [2.05, 4.69) is 19.4 Å². The second-order valence-electron chi connectivity index (χ2n) is 7.40. The van der Waals surface area contributed by atoms with Crippen molar-refractivity contribution < 1.29 is 9.32 Å². The lowest BCUT2D eigenvalue weighted by Gasteiger charge is -2.37. The molecule has 27 heavy (non-hydrogen) atoms. The van der Waals surface area contributed by atoms with Gasteiger partial charge in [0.05, 0.1) is 16.8 Å². The molecule has 1 aliphatic carbocycles. The van der Waals surface area contributed by atoms with Crippen molar-refractivity contribution in [1.82, 2.24) is 24.3 Å². The van der Waals surface area contributed by atoms with E-state index in [1.54, 1.807) is 0 Å². The normalized spacial score (nSPS) is 21.1. The Bertz CT molecular complexity index is 979. The number of aromatic nitrogens is 3. The van der Waals surface area contributed by atoms with Crippen LogP contribution in [0.5, 0.6) is 0 Å². The van der Waals surface area contributed by atoms with E-state index in [4.69, 9.17) is 4.52 Å². The van der Waals surface area contributed by atoms with Gasteiger partial charge in [-0.05, 0) is 37.5 Å². The molecule has 2 aliphatic rings. The molecule has 0 bridgehead atoms. The van der Waals surface area contributed by atoms with Gasteiger partial charge < -0.3 is 9.42 Å². The Morgan fingerprint density at radius 1 is 1.30 bits per heavy atom. The molecule has 1 aromatic carbocycles. The number of carbonyl (C=O) groups excluding carboxylic acids is 1. The summed E-state index contributed by atoms with van der Waals surface area (Å²) < 4.78 is 11.1. The smallest absolute Gasteiger partial charge is 0.245 e. The molecule has 1 atom stereocenters. The summed E-state index contributed by atoms with van der Waals surface area (Å²) in [6.45, 7) is 2.07. The van der Waals surface area contributed by atoms with E-state index in [0.717, 1.165) is 41.0 Å². The highest BCUT2D eigenvalue weighted by Gasteiger charge is 2.35. The van der Waals surface area contributed by atoms with Crippen molar-refractivity contribution in [3.63, 3.8) is 0 Å². The first-order valence-electron chi connectivity index (χ1n) is 9.34. The molecule has 1 saturated heterocycles. The molecule has 1 aliphatic heterocycles. The SMILES string of the molecule is CN1CCN(C(=O)Cc2nsc3ccccc23)CC1c1nc(C2CC2)no1. The highest BCUT2D eigenvalue weighted by atomic mass is 32.1. The fraction of sp³-hybridized carbons (Fsp3) is 0.474. The van der Waals surface area contributed by atoms with E-state index in [-0.39, 0.29) is 11.9 Å². The standard InChI is InChI=1S/C19H21N5O2S/c1-23-8-9-24(11-15(23)19-20-18(21-26-19)12-6-7-12)17(25)10-14-13-4-2-3-5-16(13)27-22-14/h2-5,12,15H,6-11H2,1H3. The third-order valence-electron chi connectivity index (χ3n) is 5.46. The van der Waals surface area contributed by atoms with Crippen LogP contribution in [0.2, 0.25) is 0 Å². The molecule has 1 saturated carbocycles. The summed E-state index contributed by atoms with van der Waals surface area (Å²) in [5, 5.41) is 5.20. The molecule has 2 fully saturated rings. The second-order valence-corrected chi connectivity index (χ2v) is 8.21. The predicted octanol–water partition coefficient (Wildman–Crippen LogP) is 2.61. The number of benzene rings is 1. The lowest BCUT2D eigenvalue weighted by molar-refractivity contribution is -0.133. The van der Waals surface area contributed by atoms with Crippen LogP contribution in [-0.2, 0) is 11.2 Å². The summed E-state index contributed by atoms with van der Waals surface area (Å²) >= 11 is 1.45. The molecule has 0 radical (unpaired) electrons. The zero-order valence-electron chi connectivity index (χ0n) is 15.2. The Morgan fingerprint density at radius 2 is 2.15 bits per heavy atom. The van der Waals surface area contributed by atoms with E-state index in [1.165, 1.54) is 11.5 Å². The molecule has 140 valence electrons. The van der Waals surface area contributed by atoms with Crippen molar-refractivity contribution in [3.8, 4) is 0 Å². The first kappa shape index (κ1) is 16.8. The summed E-state index contributed by atoms with van der Waals surface area (Å²) in [7, 11) is 2.04. The van der Waals surface area contributed by atoms with Crippen molar-refractivity contribution in [3.05, 3.63) is 41.7 Å². The minimum Gasteiger partial charge on any atom is -0.339 e. The number of likely N-dealkylation sites (N-methyl/N-ethyl adjacent to an activating group) is 1. The molecule has 3 aromatic rings. The van der Waals surface area contributed by atoms with Crippen LogP contribution in [0.25, 0.3) is 10.1 Å². The molecule has 0 spiro atoms. The molecule has 5 rings (SSSR count). The van der Waals surface area contributed by atoms with Gasteiger partial charge in [-0.3, -0.25) is 9.69 Å². The Balaban J connectivity index is 1.31. The number of fused-ring (bicyclic) bond motifs is 1. The van der Waals surface area contributed by atoms with E-state index in [0.29, 0.717) is 31.3 Å². The van der Waals surface area contributed by atoms with Crippen LogP contribution in [0.15, 0.2) is 28.8 Å². The molecule has 2 aromatic heterocycles. The molecule has 7 nitrogen and oxygen atoms in total. The largest absolute Gasteiger partial charge is 0.339 e. The maximum Gasteiger partial charge on any atom is 0.245 e. The van der Waals surface area contributed by atoms with Crippen molar-refractivity contribution >= 4 is 27.5 Å². The first-order valence-corrected chi connectivity index (χ1v) is 10.1. The van der Waals surface area contributed by atoms with E-state index in [1.807, 2.05) is 36.2 Å². The maximum atomic E-state index is 12.9. The summed E-state index contributed by atoms with van der Waals surface area (Å²) in [6, 6.07) is 8.02. The molecule has 0 N–H and O–H groups in total. The summed E-state index contributed by atoms with van der Waals surface area (Å²) in [5.41, 5.74) is 0.866. The number of rotatable bonds is 4. The summed E-state index contributed by atoms with van der Waals surface area (Å²) in [6.07, 6.45) is 2.62. The zero-order valence-corrected chi connectivity index (χ0v) is 16.0. The number of carbonyl (C=O) groups is 1. The van der Waals surface area contributed by atoms with Crippen molar-refractivity contribution in [2.45, 2.75) is 31.2 Å². The van der Waals surface area contributed by atoms with Gasteiger partial charge in [0.1, 0.15) is 6.04 Å². The highest BCUT2D eigenvalue weighted by Crippen LogP contribution is 2.39. The lowest BCUT2D eigenvalue weighted by Crippen LogP contribution is -2.49. The van der Waals surface area contributed by atoms with Gasteiger partial charge in [-0.25, -0.2) is 0 Å². The van der Waals surface area contributed by atoms with Crippen molar-refractivity contribution in [2.24, 2.45) is 0 Å². The van der Waals surface area contributed by atoms with Crippen molar-refractivity contribution in [1.29, 1.82) is 0 Å². The van der Waals surface area contributed by atoms with Gasteiger partial charge in [0.2, 0.25) is 11.8 Å². The summed E-state index contributed by atoms with van der Waals surface area (Å²) in [4.78, 5) is 21.6. The van der Waals surface area contributed by atoms with Crippen LogP contribution in [-0.4, -0.2) is 56.9 Å². The zero-order chi connectivity index (χ0) is 18.4. The van der Waals surface area contributed by atoms with Gasteiger partial charge in [-0.1, -0.05) is 23.4 Å². The van der Waals surface area contributed by atoms with E-state index >= 15 is 0 Å². The number of piperazine rings is 1. The fourth-order valence-electron chi connectivity index (χ4n) is 3.58. The Labute approximate surface area is 161 Å². The second kappa shape index (κ2) is 6.69. The molecular formula is C19H21N5O2S. The minimum absolute atomic E-state index is 0.0464. The van der Waals surface area contributed by atoms with E-state index < -0.39 is 0 Å². The monoisotopic (exact) mass is 383 g/mol. The molecule has 1 unspecified atom stereocenters. The quantitative estimate of drug-likeness (QED) is 0.689. The number of hydrogen-bond acceptors (Lipinski definition) is 7. The van der Waals surface area contributed by atoms with Crippen LogP contribution in [0.1, 0.15) is 42.2 Å².